The van der Waals surface area contributed by atoms with E-state index in [1.54, 1.807) is 44.2 Å². The van der Waals surface area contributed by atoms with Crippen LogP contribution in [0.2, 0.25) is 0 Å². The maximum Gasteiger partial charge on any atom is 0.226 e. The van der Waals surface area contributed by atoms with E-state index < -0.39 is 41.5 Å². The van der Waals surface area contributed by atoms with Gasteiger partial charge < -0.3 is 36.9 Å². The summed E-state index contributed by atoms with van der Waals surface area (Å²) in [5.41, 5.74) is 22.9. The van der Waals surface area contributed by atoms with Crippen LogP contribution in [0.5, 0.6) is 11.5 Å². The molecule has 6 rings (SSSR count). The van der Waals surface area contributed by atoms with Crippen molar-refractivity contribution < 1.29 is 33.4 Å². The number of amides is 2. The van der Waals surface area contributed by atoms with Gasteiger partial charge in [-0.1, -0.05) is 56.2 Å². The van der Waals surface area contributed by atoms with Gasteiger partial charge >= 0.3 is 0 Å². The SMILES string of the molecule is Cc1nc(-c2ccc(C3CCCC3)cc2)ncc1C(=O)C[C@@H](CCN)C(=O)N(C)[C@@H]1C(=O)C[C@@H](C)C(=O)N[C@H](C(=O)CCC#N)Cc2ccc(OCCN)c(c2)-c2cc1ccc2OCCN. The maximum absolute atomic E-state index is 14.8. The molecule has 2 amide bonds. The molecular weight excluding hydrogens is 837 g/mol. The third kappa shape index (κ3) is 11.9. The highest BCUT2D eigenvalue weighted by atomic mass is 16.5. The lowest BCUT2D eigenvalue weighted by Gasteiger charge is -2.32. The Hall–Kier alpha value is -6.34. The predicted octanol–water partition coefficient (Wildman–Crippen LogP) is 5.70. The van der Waals surface area contributed by atoms with Gasteiger partial charge in [0.1, 0.15) is 30.8 Å². The molecule has 1 aliphatic heterocycles. The Labute approximate surface area is 386 Å². The number of aryl methyl sites for hydroxylation is 1. The molecule has 15 heteroatoms. The standard InChI is InChI=1S/C51H62N8O7/c1-31-25-45(62)48(59(3)51(64)38(18-20-53)29-44(61)41-30-56-49(57-32(41)2)36-13-11-35(12-14-36)34-7-4-5-8-34)37-15-17-47(66-24-22-55)40(28-37)39-26-33(10-16-46(39)65-23-21-54)27-42(58-50(31)63)43(60)9-6-19-52/h10-17,26,28,30-31,34,38,42,48H,4-9,18,20-25,27,29,53-55H2,1-3H3,(H,58,63)/t31-,38-,42+,48+/m1/s1. The number of carbonyl (C=O) groups excluding carboxylic acids is 5. The number of hydrogen-bond acceptors (Lipinski definition) is 13. The molecule has 1 saturated carbocycles. The molecule has 348 valence electrons. The second-order valence-electron chi connectivity index (χ2n) is 17.4. The molecule has 15 nitrogen and oxygen atoms in total. The van der Waals surface area contributed by atoms with Crippen LogP contribution in [0, 0.1) is 30.1 Å². The van der Waals surface area contributed by atoms with Crippen LogP contribution in [-0.4, -0.2) is 90.0 Å². The van der Waals surface area contributed by atoms with Crippen LogP contribution < -0.4 is 32.0 Å². The van der Waals surface area contributed by atoms with Gasteiger partial charge in [0.25, 0.3) is 0 Å². The van der Waals surface area contributed by atoms with Crippen molar-refractivity contribution in [2.45, 2.75) is 96.1 Å². The van der Waals surface area contributed by atoms with Crippen LogP contribution in [-0.2, 0) is 25.6 Å². The molecule has 4 atom stereocenters. The number of likely N-dealkylation sites (N-methyl/N-ethyl adjacent to an activating group) is 1. The second-order valence-corrected chi connectivity index (χ2v) is 17.4. The summed E-state index contributed by atoms with van der Waals surface area (Å²) in [6.45, 7) is 4.20. The summed E-state index contributed by atoms with van der Waals surface area (Å²) in [7, 11) is 1.51. The van der Waals surface area contributed by atoms with Crippen LogP contribution >= 0.6 is 0 Å². The fraction of sp³-hybridized carbons (Fsp3) is 0.451. The lowest BCUT2D eigenvalue weighted by Crippen LogP contribution is -2.46. The Morgan fingerprint density at radius 1 is 0.894 bits per heavy atom. The van der Waals surface area contributed by atoms with Crippen molar-refractivity contribution >= 4 is 29.2 Å². The Bertz CT molecular complexity index is 2430. The molecule has 7 N–H and O–H groups in total. The first kappa shape index (κ1) is 49.1. The average Bonchev–Trinajstić information content (AvgIpc) is 3.87. The zero-order valence-electron chi connectivity index (χ0n) is 38.2. The number of aromatic nitrogens is 2. The number of ether oxygens (including phenoxy) is 2. The molecule has 3 aromatic carbocycles. The highest BCUT2D eigenvalue weighted by Gasteiger charge is 2.36. The third-order valence-electron chi connectivity index (χ3n) is 12.6. The van der Waals surface area contributed by atoms with Gasteiger partial charge in [0.2, 0.25) is 11.8 Å². The van der Waals surface area contributed by atoms with E-state index in [1.165, 1.54) is 49.4 Å². The van der Waals surface area contributed by atoms with E-state index >= 15 is 0 Å². The van der Waals surface area contributed by atoms with E-state index in [1.807, 2.05) is 24.3 Å². The second kappa shape index (κ2) is 23.2. The van der Waals surface area contributed by atoms with Crippen molar-refractivity contribution in [3.8, 4) is 40.1 Å². The zero-order valence-corrected chi connectivity index (χ0v) is 38.2. The Morgan fingerprint density at radius 3 is 2.18 bits per heavy atom. The molecule has 0 unspecified atom stereocenters. The van der Waals surface area contributed by atoms with E-state index in [-0.39, 0.29) is 88.5 Å². The molecule has 4 aromatic rings. The fourth-order valence-corrected chi connectivity index (χ4v) is 9.02. The number of carbonyl (C=O) groups is 5. The molecule has 2 heterocycles. The van der Waals surface area contributed by atoms with Crippen molar-refractivity contribution in [1.29, 1.82) is 5.26 Å². The lowest BCUT2D eigenvalue weighted by molar-refractivity contribution is -0.142. The number of rotatable bonds is 18. The van der Waals surface area contributed by atoms with Gasteiger partial charge in [0.05, 0.1) is 23.4 Å². The van der Waals surface area contributed by atoms with Crippen LogP contribution in [0.4, 0.5) is 0 Å². The summed E-state index contributed by atoms with van der Waals surface area (Å²) in [6.07, 6.45) is 6.02. The monoisotopic (exact) mass is 898 g/mol. The van der Waals surface area contributed by atoms with Crippen molar-refractivity contribution in [2.24, 2.45) is 29.0 Å². The van der Waals surface area contributed by atoms with Crippen LogP contribution in [0.1, 0.15) is 109 Å². The highest BCUT2D eigenvalue weighted by molar-refractivity contribution is 6.00. The van der Waals surface area contributed by atoms with Crippen LogP contribution in [0.25, 0.3) is 22.5 Å². The van der Waals surface area contributed by atoms with Gasteiger partial charge in [-0.05, 0) is 86.0 Å². The number of Topliss-reactive ketones (excluding diaryl/α,β-unsaturated/α-hetero) is 3. The average molecular weight is 899 g/mol. The minimum atomic E-state index is -1.23. The molecule has 2 aliphatic rings. The molecule has 4 bridgehead atoms. The quantitative estimate of drug-likeness (QED) is 0.0877. The topological polar surface area (TPSA) is 247 Å². The number of hydrogen-bond donors (Lipinski definition) is 4. The van der Waals surface area contributed by atoms with Gasteiger partial charge in [-0.2, -0.15) is 5.26 Å². The van der Waals surface area contributed by atoms with E-state index in [0.29, 0.717) is 51.2 Å². The van der Waals surface area contributed by atoms with Crippen molar-refractivity contribution in [3.05, 3.63) is 94.8 Å². The molecule has 0 radical (unpaired) electrons. The molecule has 1 aliphatic carbocycles. The Morgan fingerprint density at radius 2 is 1.55 bits per heavy atom. The van der Waals surface area contributed by atoms with E-state index in [4.69, 9.17) is 26.7 Å². The summed E-state index contributed by atoms with van der Waals surface area (Å²) >= 11 is 0. The number of fused-ring (bicyclic) bond motifs is 5. The van der Waals surface area contributed by atoms with Gasteiger partial charge in [0, 0.05) is 80.5 Å². The maximum atomic E-state index is 14.8. The number of nitrogens with one attached hydrogen (secondary N) is 1. The van der Waals surface area contributed by atoms with E-state index in [9.17, 15) is 29.2 Å². The smallest absolute Gasteiger partial charge is 0.226 e. The van der Waals surface area contributed by atoms with E-state index in [2.05, 4.69) is 27.4 Å². The Kier molecular flexibility index (Phi) is 17.3. The van der Waals surface area contributed by atoms with Gasteiger partial charge in [-0.25, -0.2) is 9.97 Å². The summed E-state index contributed by atoms with van der Waals surface area (Å²) in [4.78, 5) is 81.4. The fourth-order valence-electron chi connectivity index (χ4n) is 9.02. The molecule has 0 spiro atoms. The summed E-state index contributed by atoms with van der Waals surface area (Å²) in [6, 6.07) is 18.6. The summed E-state index contributed by atoms with van der Waals surface area (Å²) in [5.74, 6) is -2.06. The van der Waals surface area contributed by atoms with Crippen LogP contribution in [0.15, 0.2) is 66.9 Å². The summed E-state index contributed by atoms with van der Waals surface area (Å²) in [5, 5.41) is 12.1. The zero-order chi connectivity index (χ0) is 47.3. The first-order valence-electron chi connectivity index (χ1n) is 23.0. The lowest BCUT2D eigenvalue weighted by atomic mass is 9.88. The number of ketones is 3. The molecular formula is C51H62N8O7. The molecule has 0 saturated heterocycles. The molecule has 66 heavy (non-hydrogen) atoms. The minimum Gasteiger partial charge on any atom is -0.492 e. The minimum absolute atomic E-state index is 0.0291. The number of nitriles is 1. The number of nitrogens with zero attached hydrogens (tertiary/aromatic N) is 4. The Balaban J connectivity index is 1.35. The van der Waals surface area contributed by atoms with Crippen molar-refractivity contribution in [2.75, 3.05) is 39.9 Å². The van der Waals surface area contributed by atoms with Gasteiger partial charge in [-0.15, -0.1) is 0 Å². The number of benzene rings is 3. The van der Waals surface area contributed by atoms with Crippen molar-refractivity contribution in [1.82, 2.24) is 20.2 Å². The van der Waals surface area contributed by atoms with E-state index in [0.717, 1.165) is 5.56 Å². The third-order valence-corrected chi connectivity index (χ3v) is 12.6. The van der Waals surface area contributed by atoms with Crippen molar-refractivity contribution in [3.63, 3.8) is 0 Å². The highest BCUT2D eigenvalue weighted by Crippen LogP contribution is 2.41. The van der Waals surface area contributed by atoms with Gasteiger partial charge in [0.15, 0.2) is 23.2 Å². The first-order chi connectivity index (χ1) is 31.9. The largest absolute Gasteiger partial charge is 0.492 e. The predicted molar refractivity (Wildman–Crippen MR) is 250 cm³/mol. The van der Waals surface area contributed by atoms with Gasteiger partial charge in [-0.3, -0.25) is 24.0 Å². The number of nitrogens with two attached hydrogens (primary N) is 3. The molecule has 1 fully saturated rings. The normalized spacial score (nSPS) is 18.1. The summed E-state index contributed by atoms with van der Waals surface area (Å²) < 4.78 is 12.3. The van der Waals surface area contributed by atoms with Crippen LogP contribution in [0.3, 0.4) is 0 Å². The first-order valence-corrected chi connectivity index (χ1v) is 23.0. The molecule has 1 aromatic heterocycles.